The fourth-order valence-electron chi connectivity index (χ4n) is 5.04. The number of thiazole rings is 1. The molecule has 0 aromatic carbocycles. The van der Waals surface area contributed by atoms with Crippen LogP contribution in [-0.4, -0.2) is 62.2 Å². The number of aliphatic hydroxyl groups is 1. The van der Waals surface area contributed by atoms with Crippen LogP contribution in [0.2, 0.25) is 0 Å². The van der Waals surface area contributed by atoms with Gasteiger partial charge in [-0.2, -0.15) is 4.98 Å². The van der Waals surface area contributed by atoms with Crippen LogP contribution in [0.1, 0.15) is 38.8 Å². The van der Waals surface area contributed by atoms with E-state index in [4.69, 9.17) is 24.4 Å². The van der Waals surface area contributed by atoms with Gasteiger partial charge in [0.05, 0.1) is 34.3 Å². The van der Waals surface area contributed by atoms with Crippen molar-refractivity contribution in [2.45, 2.75) is 64.1 Å². The van der Waals surface area contributed by atoms with Crippen LogP contribution in [0.25, 0.3) is 20.8 Å². The molecule has 180 valence electrons. The van der Waals surface area contributed by atoms with Crippen LogP contribution in [0.5, 0.6) is 0 Å². The molecule has 2 saturated carbocycles. The van der Waals surface area contributed by atoms with Crippen molar-refractivity contribution in [1.82, 2.24) is 19.9 Å². The molecule has 1 saturated heterocycles. The smallest absolute Gasteiger partial charge is 0.224 e. The van der Waals surface area contributed by atoms with E-state index in [1.165, 1.54) is 12.8 Å². The second-order valence-electron chi connectivity index (χ2n) is 10.0. The maximum atomic E-state index is 9.98. The largest absolute Gasteiger partial charge is 0.396 e. The minimum Gasteiger partial charge on any atom is -0.396 e. The first-order chi connectivity index (χ1) is 16.4. The van der Waals surface area contributed by atoms with Crippen molar-refractivity contribution < 1.29 is 14.6 Å². The van der Waals surface area contributed by atoms with Crippen molar-refractivity contribution in [2.24, 2.45) is 11.8 Å². The molecule has 3 aromatic rings. The molecular formula is C24H30N6O3S. The van der Waals surface area contributed by atoms with E-state index in [1.807, 2.05) is 26.8 Å². The number of pyridine rings is 1. The molecule has 1 aliphatic heterocycles. The fraction of sp³-hybridized carbons (Fsp3) is 0.583. The SMILES string of the molecule is Cc1nc(NCC2CC2)nc(N[C@@H]2C[C@H](CO)[C@H]3OC(C)(C)O[C@H]32)c1-c1nc2cnccc2s1. The lowest BCUT2D eigenvalue weighted by atomic mass is 10.1. The summed E-state index contributed by atoms with van der Waals surface area (Å²) >= 11 is 1.61. The first-order valence-electron chi connectivity index (χ1n) is 12.0. The van der Waals surface area contributed by atoms with Gasteiger partial charge >= 0.3 is 0 Å². The fourth-order valence-corrected chi connectivity index (χ4v) is 6.07. The number of aryl methyl sites for hydroxylation is 1. The van der Waals surface area contributed by atoms with E-state index in [-0.39, 0.29) is 30.8 Å². The number of anilines is 2. The number of nitrogens with zero attached hydrogens (tertiary/aromatic N) is 4. The summed E-state index contributed by atoms with van der Waals surface area (Å²) in [6, 6.07) is 1.93. The summed E-state index contributed by atoms with van der Waals surface area (Å²) in [5.74, 6) is 1.40. The van der Waals surface area contributed by atoms with E-state index < -0.39 is 5.79 Å². The van der Waals surface area contributed by atoms with Crippen molar-refractivity contribution >= 4 is 33.3 Å². The summed E-state index contributed by atoms with van der Waals surface area (Å²) in [5, 5.41) is 17.9. The molecule has 3 fully saturated rings. The zero-order valence-electron chi connectivity index (χ0n) is 19.6. The third-order valence-corrected chi connectivity index (χ3v) is 7.93. The normalized spacial score (nSPS) is 27.8. The lowest BCUT2D eigenvalue weighted by molar-refractivity contribution is -0.158. The molecule has 3 N–H and O–H groups in total. The van der Waals surface area contributed by atoms with Gasteiger partial charge in [-0.05, 0) is 52.0 Å². The molecule has 9 nitrogen and oxygen atoms in total. The summed E-state index contributed by atoms with van der Waals surface area (Å²) < 4.78 is 13.5. The maximum absolute atomic E-state index is 9.98. The molecule has 10 heteroatoms. The Balaban J connectivity index is 1.37. The minimum absolute atomic E-state index is 0.0108. The second kappa shape index (κ2) is 8.37. The van der Waals surface area contributed by atoms with Crippen molar-refractivity contribution in [3.8, 4) is 10.6 Å². The van der Waals surface area contributed by atoms with Crippen molar-refractivity contribution in [3.63, 3.8) is 0 Å². The molecule has 0 amide bonds. The van der Waals surface area contributed by atoms with Gasteiger partial charge in [0.25, 0.3) is 0 Å². The summed E-state index contributed by atoms with van der Waals surface area (Å²) in [7, 11) is 0. The lowest BCUT2D eigenvalue weighted by Crippen LogP contribution is -2.35. The predicted molar refractivity (Wildman–Crippen MR) is 131 cm³/mol. The highest BCUT2D eigenvalue weighted by Gasteiger charge is 2.54. The van der Waals surface area contributed by atoms with Gasteiger partial charge in [-0.1, -0.05) is 0 Å². The highest BCUT2D eigenvalue weighted by Crippen LogP contribution is 2.44. The predicted octanol–water partition coefficient (Wildman–Crippen LogP) is 3.59. The highest BCUT2D eigenvalue weighted by atomic mass is 32.1. The number of hydrogen-bond acceptors (Lipinski definition) is 10. The molecule has 2 aliphatic carbocycles. The third-order valence-electron chi connectivity index (χ3n) is 6.88. The van der Waals surface area contributed by atoms with Crippen LogP contribution in [0.3, 0.4) is 0 Å². The Morgan fingerprint density at radius 2 is 2.00 bits per heavy atom. The van der Waals surface area contributed by atoms with E-state index in [1.54, 1.807) is 23.7 Å². The molecule has 3 aliphatic rings. The molecule has 0 unspecified atom stereocenters. The summed E-state index contributed by atoms with van der Waals surface area (Å²) in [6.45, 7) is 6.80. The Labute approximate surface area is 202 Å². The molecule has 0 radical (unpaired) electrons. The van der Waals surface area contributed by atoms with Crippen LogP contribution in [0.4, 0.5) is 11.8 Å². The number of aromatic nitrogens is 4. The summed E-state index contributed by atoms with van der Waals surface area (Å²) in [6.07, 6.45) is 6.50. The van der Waals surface area contributed by atoms with Gasteiger partial charge in [0.2, 0.25) is 5.95 Å². The van der Waals surface area contributed by atoms with E-state index in [0.717, 1.165) is 45.3 Å². The average Bonchev–Trinajstić information content (AvgIpc) is 3.33. The lowest BCUT2D eigenvalue weighted by Gasteiger charge is -2.25. The van der Waals surface area contributed by atoms with Crippen LogP contribution in [0.15, 0.2) is 18.5 Å². The second-order valence-corrected chi connectivity index (χ2v) is 11.1. The van der Waals surface area contributed by atoms with Crippen molar-refractivity contribution in [1.29, 1.82) is 0 Å². The first-order valence-corrected chi connectivity index (χ1v) is 12.8. The molecule has 0 spiro atoms. The quantitative estimate of drug-likeness (QED) is 0.465. The standard InChI is InChI=1S/C24H30N6O3S/c1-12-18(22-29-16-10-25-7-6-17(16)34-22)21(30-23(27-12)26-9-13-4-5-13)28-15-8-14(11-31)19-20(15)33-24(2,3)32-19/h6-7,10,13-15,19-20,31H,4-5,8-9,11H2,1-3H3,(H2,26,27,28,30)/t14-,15-,19-,20+/m1/s1. The van der Waals surface area contributed by atoms with Crippen molar-refractivity contribution in [2.75, 3.05) is 23.8 Å². The van der Waals surface area contributed by atoms with Gasteiger partial charge < -0.3 is 25.2 Å². The number of hydrogen-bond donors (Lipinski definition) is 3. The highest BCUT2D eigenvalue weighted by molar-refractivity contribution is 7.21. The Morgan fingerprint density at radius 3 is 2.76 bits per heavy atom. The van der Waals surface area contributed by atoms with Crippen LogP contribution in [0, 0.1) is 18.8 Å². The molecule has 4 atom stereocenters. The molecule has 4 heterocycles. The number of fused-ring (bicyclic) bond motifs is 2. The molecule has 34 heavy (non-hydrogen) atoms. The van der Waals surface area contributed by atoms with E-state index in [0.29, 0.717) is 11.9 Å². The topological polar surface area (TPSA) is 114 Å². The van der Waals surface area contributed by atoms with E-state index >= 15 is 0 Å². The molecular weight excluding hydrogens is 452 g/mol. The maximum Gasteiger partial charge on any atom is 0.224 e. The van der Waals surface area contributed by atoms with E-state index in [2.05, 4.69) is 15.6 Å². The zero-order chi connectivity index (χ0) is 23.4. The van der Waals surface area contributed by atoms with Crippen molar-refractivity contribution in [3.05, 3.63) is 24.2 Å². The number of ether oxygens (including phenoxy) is 2. The molecule has 0 bridgehead atoms. The Bertz CT molecular complexity index is 1180. The average molecular weight is 483 g/mol. The van der Waals surface area contributed by atoms with E-state index in [9.17, 15) is 5.11 Å². The Morgan fingerprint density at radius 1 is 1.18 bits per heavy atom. The molecule has 6 rings (SSSR count). The zero-order valence-corrected chi connectivity index (χ0v) is 20.4. The Hall–Kier alpha value is -2.40. The van der Waals surface area contributed by atoms with Crippen LogP contribution in [-0.2, 0) is 9.47 Å². The van der Waals surface area contributed by atoms with Gasteiger partial charge in [-0.25, -0.2) is 9.97 Å². The summed E-state index contributed by atoms with van der Waals surface area (Å²) in [5.41, 5.74) is 2.61. The molecule has 3 aromatic heterocycles. The van der Waals surface area contributed by atoms with Gasteiger partial charge in [-0.15, -0.1) is 11.3 Å². The third kappa shape index (κ3) is 4.13. The monoisotopic (exact) mass is 482 g/mol. The number of nitrogens with one attached hydrogen (secondary N) is 2. The van der Waals surface area contributed by atoms with Crippen LogP contribution >= 0.6 is 11.3 Å². The number of aliphatic hydroxyl groups excluding tert-OH is 1. The van der Waals surface area contributed by atoms with Gasteiger partial charge in [0.1, 0.15) is 22.4 Å². The number of rotatable bonds is 7. The summed E-state index contributed by atoms with van der Waals surface area (Å²) in [4.78, 5) is 18.7. The van der Waals surface area contributed by atoms with Gasteiger partial charge in [-0.3, -0.25) is 4.98 Å². The first kappa shape index (κ1) is 22.1. The van der Waals surface area contributed by atoms with Gasteiger partial charge in [0, 0.05) is 25.3 Å². The Kier molecular flexibility index (Phi) is 5.44. The van der Waals surface area contributed by atoms with Crippen LogP contribution < -0.4 is 10.6 Å². The minimum atomic E-state index is -0.676. The van der Waals surface area contributed by atoms with Gasteiger partial charge in [0.15, 0.2) is 5.79 Å².